The van der Waals surface area contributed by atoms with Gasteiger partial charge in [0, 0.05) is 6.20 Å². The molecule has 1 aromatic carbocycles. The lowest BCUT2D eigenvalue weighted by Gasteiger charge is -2.18. The highest BCUT2D eigenvalue weighted by Gasteiger charge is 2.13. The molecule has 7 heteroatoms. The molecule has 1 atom stereocenters. The van der Waals surface area contributed by atoms with Gasteiger partial charge in [-0.15, -0.1) is 0 Å². The average Bonchev–Trinajstić information content (AvgIpc) is 3.06. The van der Waals surface area contributed by atoms with Gasteiger partial charge in [-0.3, -0.25) is 5.10 Å². The van der Waals surface area contributed by atoms with Gasteiger partial charge in [0.05, 0.1) is 31.5 Å². The summed E-state index contributed by atoms with van der Waals surface area (Å²) >= 11 is 0. The number of carbonyl (C=O) groups excluding carboxylic acids is 1. The van der Waals surface area contributed by atoms with Gasteiger partial charge in [-0.25, -0.2) is 4.79 Å². The first-order chi connectivity index (χ1) is 11.5. The Bertz CT molecular complexity index is 656. The molecule has 0 spiro atoms. The third-order valence-electron chi connectivity index (χ3n) is 3.40. The number of nitrogens with one attached hydrogen (secondary N) is 3. The number of aromatic amines is 1. The van der Waals surface area contributed by atoms with Gasteiger partial charge in [-0.1, -0.05) is 6.07 Å². The maximum Gasteiger partial charge on any atom is 0.315 e. The van der Waals surface area contributed by atoms with Crippen molar-refractivity contribution >= 4 is 6.03 Å². The monoisotopic (exact) mass is 332 g/mol. The summed E-state index contributed by atoms with van der Waals surface area (Å²) in [6.07, 6.45) is 1.71. The summed E-state index contributed by atoms with van der Waals surface area (Å²) in [5, 5.41) is 12.3. The van der Waals surface area contributed by atoms with Gasteiger partial charge in [0.15, 0.2) is 11.5 Å². The molecule has 3 N–H and O–H groups in total. The minimum absolute atomic E-state index is 0.0635. The van der Waals surface area contributed by atoms with Gasteiger partial charge in [0.2, 0.25) is 0 Å². The number of aromatic nitrogens is 2. The van der Waals surface area contributed by atoms with Crippen LogP contribution in [0, 0.1) is 0 Å². The summed E-state index contributed by atoms with van der Waals surface area (Å²) < 4.78 is 11.1. The molecule has 2 amide bonds. The molecular formula is C17H24N4O3. The Morgan fingerprint density at radius 3 is 2.67 bits per heavy atom. The van der Waals surface area contributed by atoms with E-state index in [2.05, 4.69) is 20.8 Å². The molecule has 2 aromatic rings. The molecule has 1 heterocycles. The van der Waals surface area contributed by atoms with E-state index in [9.17, 15) is 4.79 Å². The first-order valence-electron chi connectivity index (χ1n) is 7.86. The number of amides is 2. The Labute approximate surface area is 141 Å². The van der Waals surface area contributed by atoms with E-state index in [1.54, 1.807) is 13.3 Å². The molecule has 0 unspecified atom stereocenters. The highest BCUT2D eigenvalue weighted by atomic mass is 16.5. The van der Waals surface area contributed by atoms with Crippen LogP contribution in [0.5, 0.6) is 11.5 Å². The van der Waals surface area contributed by atoms with E-state index >= 15 is 0 Å². The predicted octanol–water partition coefficient (Wildman–Crippen LogP) is 2.77. The minimum atomic E-state index is -0.251. The maximum absolute atomic E-state index is 12.0. The molecule has 0 aliphatic heterocycles. The summed E-state index contributed by atoms with van der Waals surface area (Å²) in [6, 6.07) is 7.03. The Morgan fingerprint density at radius 1 is 1.25 bits per heavy atom. The third-order valence-corrected chi connectivity index (χ3v) is 3.40. The molecule has 0 radical (unpaired) electrons. The van der Waals surface area contributed by atoms with Crippen molar-refractivity contribution in [3.8, 4) is 11.5 Å². The van der Waals surface area contributed by atoms with E-state index in [1.807, 2.05) is 45.0 Å². The SMILES string of the molecule is COc1cc([C@H](C)NC(=O)NCc2ccn[nH]2)ccc1OC(C)C. The average molecular weight is 332 g/mol. The zero-order valence-corrected chi connectivity index (χ0v) is 14.4. The lowest BCUT2D eigenvalue weighted by molar-refractivity contribution is 0.230. The summed E-state index contributed by atoms with van der Waals surface area (Å²) in [4.78, 5) is 12.0. The molecule has 0 saturated carbocycles. The van der Waals surface area contributed by atoms with E-state index in [4.69, 9.17) is 9.47 Å². The Morgan fingerprint density at radius 2 is 2.04 bits per heavy atom. The van der Waals surface area contributed by atoms with Gasteiger partial charge < -0.3 is 20.1 Å². The van der Waals surface area contributed by atoms with E-state index in [0.29, 0.717) is 18.0 Å². The van der Waals surface area contributed by atoms with Crippen LogP contribution < -0.4 is 20.1 Å². The van der Waals surface area contributed by atoms with Gasteiger partial charge in [0.1, 0.15) is 0 Å². The number of H-pyrrole nitrogens is 1. The first kappa shape index (κ1) is 17.7. The second-order valence-corrected chi connectivity index (χ2v) is 5.71. The van der Waals surface area contributed by atoms with E-state index in [0.717, 1.165) is 11.3 Å². The minimum Gasteiger partial charge on any atom is -0.493 e. The fourth-order valence-electron chi connectivity index (χ4n) is 2.19. The number of nitrogens with zero attached hydrogens (tertiary/aromatic N) is 1. The number of benzene rings is 1. The topological polar surface area (TPSA) is 88.3 Å². The largest absolute Gasteiger partial charge is 0.493 e. The molecule has 1 aromatic heterocycles. The highest BCUT2D eigenvalue weighted by molar-refractivity contribution is 5.74. The lowest BCUT2D eigenvalue weighted by Crippen LogP contribution is -2.36. The van der Waals surface area contributed by atoms with Gasteiger partial charge >= 0.3 is 6.03 Å². The first-order valence-corrected chi connectivity index (χ1v) is 7.86. The number of hydrogen-bond acceptors (Lipinski definition) is 4. The number of ether oxygens (including phenoxy) is 2. The second kappa shape index (κ2) is 8.24. The van der Waals surface area contributed by atoms with Crippen molar-refractivity contribution < 1.29 is 14.3 Å². The fraction of sp³-hybridized carbons (Fsp3) is 0.412. The van der Waals surface area contributed by atoms with Gasteiger partial charge in [0.25, 0.3) is 0 Å². The quantitative estimate of drug-likeness (QED) is 0.727. The molecule has 0 bridgehead atoms. The summed E-state index contributed by atoms with van der Waals surface area (Å²) in [6.45, 7) is 6.22. The van der Waals surface area contributed by atoms with Crippen molar-refractivity contribution in [1.29, 1.82) is 0 Å². The van der Waals surface area contributed by atoms with Crippen LogP contribution in [0.25, 0.3) is 0 Å². The Balaban J connectivity index is 1.95. The van der Waals surface area contributed by atoms with E-state index < -0.39 is 0 Å². The summed E-state index contributed by atoms with van der Waals surface area (Å²) in [7, 11) is 1.60. The number of urea groups is 1. The Kier molecular flexibility index (Phi) is 6.06. The highest BCUT2D eigenvalue weighted by Crippen LogP contribution is 2.31. The zero-order valence-electron chi connectivity index (χ0n) is 14.4. The van der Waals surface area contributed by atoms with Gasteiger partial charge in [-0.05, 0) is 44.5 Å². The zero-order chi connectivity index (χ0) is 17.5. The van der Waals surface area contributed by atoms with Crippen LogP contribution in [-0.4, -0.2) is 29.4 Å². The van der Waals surface area contributed by atoms with Crippen LogP contribution in [0.3, 0.4) is 0 Å². The molecule has 0 saturated heterocycles. The fourth-order valence-corrected chi connectivity index (χ4v) is 2.19. The molecule has 0 aliphatic rings. The second-order valence-electron chi connectivity index (χ2n) is 5.71. The number of hydrogen-bond donors (Lipinski definition) is 3. The normalized spacial score (nSPS) is 11.9. The number of methoxy groups -OCH3 is 1. The van der Waals surface area contributed by atoms with Crippen LogP contribution >= 0.6 is 0 Å². The molecule has 0 aliphatic carbocycles. The van der Waals surface area contributed by atoms with E-state index in [1.165, 1.54) is 0 Å². The van der Waals surface area contributed by atoms with E-state index in [-0.39, 0.29) is 18.2 Å². The van der Waals surface area contributed by atoms with Crippen LogP contribution in [0.1, 0.15) is 38.1 Å². The van der Waals surface area contributed by atoms with Crippen molar-refractivity contribution in [2.45, 2.75) is 39.5 Å². The summed E-state index contributed by atoms with van der Waals surface area (Å²) in [5.41, 5.74) is 1.77. The van der Waals surface area contributed by atoms with Crippen LogP contribution in [0.2, 0.25) is 0 Å². The molecule has 7 nitrogen and oxygen atoms in total. The lowest BCUT2D eigenvalue weighted by atomic mass is 10.1. The molecule has 0 fully saturated rings. The van der Waals surface area contributed by atoms with Crippen LogP contribution in [-0.2, 0) is 6.54 Å². The maximum atomic E-state index is 12.0. The molecule has 24 heavy (non-hydrogen) atoms. The standard InChI is InChI=1S/C17H24N4O3/c1-11(2)24-15-6-5-13(9-16(15)23-4)12(3)20-17(22)18-10-14-7-8-19-21-14/h5-9,11-12H,10H2,1-4H3,(H,19,21)(H2,18,20,22)/t12-/m0/s1. The predicted molar refractivity (Wildman–Crippen MR) is 91.1 cm³/mol. The molecular weight excluding hydrogens is 308 g/mol. The van der Waals surface area contributed by atoms with Crippen LogP contribution in [0.15, 0.2) is 30.5 Å². The number of carbonyl (C=O) groups is 1. The van der Waals surface area contributed by atoms with Crippen LogP contribution in [0.4, 0.5) is 4.79 Å². The van der Waals surface area contributed by atoms with Crippen molar-refractivity contribution in [2.24, 2.45) is 0 Å². The van der Waals surface area contributed by atoms with Crippen molar-refractivity contribution in [1.82, 2.24) is 20.8 Å². The number of rotatable bonds is 7. The molecule has 130 valence electrons. The summed E-state index contributed by atoms with van der Waals surface area (Å²) in [5.74, 6) is 1.33. The van der Waals surface area contributed by atoms with Crippen molar-refractivity contribution in [3.05, 3.63) is 41.7 Å². The van der Waals surface area contributed by atoms with Gasteiger partial charge in [-0.2, -0.15) is 5.10 Å². The van der Waals surface area contributed by atoms with Crippen molar-refractivity contribution in [3.63, 3.8) is 0 Å². The molecule has 2 rings (SSSR count). The smallest absolute Gasteiger partial charge is 0.315 e. The Hall–Kier alpha value is -2.70. The third kappa shape index (κ3) is 4.91. The van der Waals surface area contributed by atoms with Crippen molar-refractivity contribution in [2.75, 3.05) is 7.11 Å².